The first-order valence-electron chi connectivity index (χ1n) is 6.44. The molecule has 0 saturated heterocycles. The summed E-state index contributed by atoms with van der Waals surface area (Å²) in [6.07, 6.45) is -0.443. The van der Waals surface area contributed by atoms with E-state index in [1.165, 1.54) is 17.0 Å². The number of anilines is 1. The number of carboxylic acid groups (broad SMARTS) is 1. The molecule has 0 spiro atoms. The Kier molecular flexibility index (Phi) is 3.57. The fourth-order valence-corrected chi connectivity index (χ4v) is 3.74. The van der Waals surface area contributed by atoms with E-state index in [4.69, 9.17) is 5.11 Å². The maximum absolute atomic E-state index is 12.2. The normalized spacial score (nSPS) is 16.9. The van der Waals surface area contributed by atoms with Crippen molar-refractivity contribution in [3.05, 3.63) is 23.8 Å². The molecule has 1 N–H and O–H groups in total. The number of likely N-dealkylation sites (N-methyl/N-ethyl adjacent to an activating group) is 1. The minimum atomic E-state index is -3.67. The van der Waals surface area contributed by atoms with Crippen LogP contribution in [0.1, 0.15) is 25.8 Å². The summed E-state index contributed by atoms with van der Waals surface area (Å²) in [6, 6.07) is 4.49. The first kappa shape index (κ1) is 15.5. The van der Waals surface area contributed by atoms with Crippen LogP contribution in [0, 0.1) is 0 Å². The molecule has 6 nitrogen and oxygen atoms in total. The molecule has 7 heteroatoms. The topological polar surface area (TPSA) is 91.8 Å². The van der Waals surface area contributed by atoms with Crippen LogP contribution in [-0.4, -0.2) is 38.2 Å². The molecule has 1 aliphatic heterocycles. The van der Waals surface area contributed by atoms with E-state index in [1.54, 1.807) is 27.0 Å². The molecule has 0 aromatic heterocycles. The standard InChI is InChI=1S/C14H17NO5S/c1-14(2)10-8-9(21(19,20)7-6-12(16)17)4-5-11(10)15(3)13(14)18/h4-5,8H,6-7H2,1-3H3,(H,16,17). The minimum absolute atomic E-state index is 0.0543. The predicted octanol–water partition coefficient (Wildman–Crippen LogP) is 1.19. The molecular weight excluding hydrogens is 294 g/mol. The van der Waals surface area contributed by atoms with Crippen LogP contribution in [0.2, 0.25) is 0 Å². The summed E-state index contributed by atoms with van der Waals surface area (Å²) < 4.78 is 24.3. The lowest BCUT2D eigenvalue weighted by molar-refractivity contribution is -0.136. The molecule has 1 amide bonds. The third kappa shape index (κ3) is 2.53. The molecule has 1 aromatic rings. The second-order valence-corrected chi connectivity index (χ2v) is 7.74. The quantitative estimate of drug-likeness (QED) is 0.901. The first-order valence-corrected chi connectivity index (χ1v) is 8.10. The van der Waals surface area contributed by atoms with Crippen LogP contribution in [0.4, 0.5) is 5.69 Å². The molecule has 1 heterocycles. The number of hydrogen-bond acceptors (Lipinski definition) is 4. The van der Waals surface area contributed by atoms with Gasteiger partial charge in [-0.1, -0.05) is 0 Å². The van der Waals surface area contributed by atoms with Crippen LogP contribution in [0.3, 0.4) is 0 Å². The van der Waals surface area contributed by atoms with Gasteiger partial charge in [-0.25, -0.2) is 8.42 Å². The highest BCUT2D eigenvalue weighted by atomic mass is 32.2. The maximum Gasteiger partial charge on any atom is 0.304 e. The fourth-order valence-electron chi connectivity index (χ4n) is 2.49. The summed E-state index contributed by atoms with van der Waals surface area (Å²) in [4.78, 5) is 24.3. The van der Waals surface area contributed by atoms with E-state index in [2.05, 4.69) is 0 Å². The zero-order valence-electron chi connectivity index (χ0n) is 12.1. The Hall–Kier alpha value is -1.89. The fraction of sp³-hybridized carbons (Fsp3) is 0.429. The molecule has 0 radical (unpaired) electrons. The van der Waals surface area contributed by atoms with Gasteiger partial charge in [-0.05, 0) is 37.6 Å². The first-order chi connectivity index (χ1) is 9.57. The highest BCUT2D eigenvalue weighted by Gasteiger charge is 2.42. The van der Waals surface area contributed by atoms with Gasteiger partial charge >= 0.3 is 5.97 Å². The van der Waals surface area contributed by atoms with E-state index in [0.29, 0.717) is 11.3 Å². The Balaban J connectivity index is 2.46. The van der Waals surface area contributed by atoms with Crippen molar-refractivity contribution in [2.45, 2.75) is 30.6 Å². The lowest BCUT2D eigenvalue weighted by atomic mass is 9.86. The van der Waals surface area contributed by atoms with Crippen LogP contribution in [0.25, 0.3) is 0 Å². The van der Waals surface area contributed by atoms with Gasteiger partial charge in [0.1, 0.15) is 0 Å². The summed E-state index contributed by atoms with van der Waals surface area (Å²) >= 11 is 0. The third-order valence-corrected chi connectivity index (χ3v) is 5.50. The van der Waals surface area contributed by atoms with Gasteiger partial charge in [0.15, 0.2) is 9.84 Å². The second-order valence-electron chi connectivity index (χ2n) is 5.63. The SMILES string of the molecule is CN1C(=O)C(C)(C)c2cc(S(=O)(=O)CCC(=O)O)ccc21. The molecular formula is C14H17NO5S. The zero-order chi connectivity index (χ0) is 16.0. The summed E-state index contributed by atoms with van der Waals surface area (Å²) in [6.45, 7) is 3.48. The second kappa shape index (κ2) is 4.84. The monoisotopic (exact) mass is 311 g/mol. The largest absolute Gasteiger partial charge is 0.481 e. The Bertz CT molecular complexity index is 721. The lowest BCUT2D eigenvalue weighted by Crippen LogP contribution is -2.33. The molecule has 21 heavy (non-hydrogen) atoms. The lowest BCUT2D eigenvalue weighted by Gasteiger charge is -2.16. The molecule has 114 valence electrons. The average Bonchev–Trinajstić information content (AvgIpc) is 2.58. The van der Waals surface area contributed by atoms with E-state index in [1.807, 2.05) is 0 Å². The Morgan fingerprint density at radius 3 is 2.52 bits per heavy atom. The number of sulfone groups is 1. The molecule has 0 fully saturated rings. The van der Waals surface area contributed by atoms with E-state index in [9.17, 15) is 18.0 Å². The molecule has 0 aliphatic carbocycles. The van der Waals surface area contributed by atoms with Crippen LogP contribution in [-0.2, 0) is 24.8 Å². The smallest absolute Gasteiger partial charge is 0.304 e. The molecule has 2 rings (SSSR count). The Morgan fingerprint density at radius 1 is 1.33 bits per heavy atom. The summed E-state index contributed by atoms with van der Waals surface area (Å²) in [5.41, 5.74) is 0.538. The highest BCUT2D eigenvalue weighted by Crippen LogP contribution is 2.41. The molecule has 1 aliphatic rings. The van der Waals surface area contributed by atoms with Crippen molar-refractivity contribution in [2.24, 2.45) is 0 Å². The van der Waals surface area contributed by atoms with Crippen LogP contribution < -0.4 is 4.90 Å². The van der Waals surface area contributed by atoms with Crippen molar-refractivity contribution in [3.8, 4) is 0 Å². The number of aliphatic carboxylic acids is 1. The molecule has 0 atom stereocenters. The number of carbonyl (C=O) groups is 2. The number of hydrogen-bond donors (Lipinski definition) is 1. The molecule has 0 bridgehead atoms. The van der Waals surface area contributed by atoms with E-state index >= 15 is 0 Å². The number of amides is 1. The van der Waals surface area contributed by atoms with Gasteiger partial charge in [-0.2, -0.15) is 0 Å². The van der Waals surface area contributed by atoms with Crippen LogP contribution in [0.15, 0.2) is 23.1 Å². The third-order valence-electron chi connectivity index (χ3n) is 3.79. The molecule has 0 unspecified atom stereocenters. The van der Waals surface area contributed by atoms with E-state index < -0.39 is 33.4 Å². The number of carbonyl (C=O) groups excluding carboxylic acids is 1. The molecule has 0 saturated carbocycles. The van der Waals surface area contributed by atoms with Crippen molar-refractivity contribution in [1.29, 1.82) is 0 Å². The van der Waals surface area contributed by atoms with Gasteiger partial charge < -0.3 is 10.0 Å². The van der Waals surface area contributed by atoms with Crippen molar-refractivity contribution < 1.29 is 23.1 Å². The summed E-state index contributed by atoms with van der Waals surface area (Å²) in [5.74, 6) is -1.71. The van der Waals surface area contributed by atoms with Crippen molar-refractivity contribution in [3.63, 3.8) is 0 Å². The Morgan fingerprint density at radius 2 is 1.95 bits per heavy atom. The van der Waals surface area contributed by atoms with Crippen molar-refractivity contribution in [2.75, 3.05) is 17.7 Å². The van der Waals surface area contributed by atoms with Gasteiger partial charge in [0.25, 0.3) is 0 Å². The van der Waals surface area contributed by atoms with Gasteiger partial charge in [0, 0.05) is 12.7 Å². The number of fused-ring (bicyclic) bond motifs is 1. The van der Waals surface area contributed by atoms with Crippen LogP contribution in [0.5, 0.6) is 0 Å². The predicted molar refractivity (Wildman–Crippen MR) is 77.2 cm³/mol. The molecule has 1 aromatic carbocycles. The van der Waals surface area contributed by atoms with Gasteiger partial charge in [-0.3, -0.25) is 9.59 Å². The average molecular weight is 311 g/mol. The number of carboxylic acids is 1. The van der Waals surface area contributed by atoms with Gasteiger partial charge in [0.2, 0.25) is 5.91 Å². The maximum atomic E-state index is 12.2. The van der Waals surface area contributed by atoms with Crippen molar-refractivity contribution in [1.82, 2.24) is 0 Å². The number of nitrogens with zero attached hydrogens (tertiary/aromatic N) is 1. The van der Waals surface area contributed by atoms with Crippen molar-refractivity contribution >= 4 is 27.4 Å². The minimum Gasteiger partial charge on any atom is -0.481 e. The zero-order valence-corrected chi connectivity index (χ0v) is 12.9. The summed E-state index contributed by atoms with van der Waals surface area (Å²) in [7, 11) is -2.03. The van der Waals surface area contributed by atoms with E-state index in [0.717, 1.165) is 0 Å². The van der Waals surface area contributed by atoms with Gasteiger partial charge in [-0.15, -0.1) is 0 Å². The number of benzene rings is 1. The highest BCUT2D eigenvalue weighted by molar-refractivity contribution is 7.91. The summed E-state index contributed by atoms with van der Waals surface area (Å²) in [5, 5.41) is 8.62. The Labute approximate surface area is 123 Å². The van der Waals surface area contributed by atoms with E-state index in [-0.39, 0.29) is 10.8 Å². The number of rotatable bonds is 4. The van der Waals surface area contributed by atoms with Gasteiger partial charge in [0.05, 0.1) is 22.5 Å². The van der Waals surface area contributed by atoms with Crippen LogP contribution >= 0.6 is 0 Å².